The summed E-state index contributed by atoms with van der Waals surface area (Å²) in [6.07, 6.45) is 2.31. The lowest BCUT2D eigenvalue weighted by Gasteiger charge is -2.49. The van der Waals surface area contributed by atoms with Gasteiger partial charge in [0.1, 0.15) is 11.6 Å². The van der Waals surface area contributed by atoms with E-state index in [1.807, 2.05) is 18.2 Å². The lowest BCUT2D eigenvalue weighted by atomic mass is 9.69. The summed E-state index contributed by atoms with van der Waals surface area (Å²) in [5.74, 6) is 0.171. The van der Waals surface area contributed by atoms with E-state index in [4.69, 9.17) is 4.74 Å². The summed E-state index contributed by atoms with van der Waals surface area (Å²) in [5, 5.41) is 13.6. The maximum atomic E-state index is 14.1. The SMILES string of the molecule is COc1ccc2c3c([nH]c2c1)[C@H](CO)N(S(=O)(=O)C1CC1)CC31CCN(C(=O)Nc2ccccc2F)CC1. The van der Waals surface area contributed by atoms with E-state index in [1.165, 1.54) is 16.4 Å². The number of urea groups is 1. The molecule has 3 heterocycles. The average molecular weight is 543 g/mol. The first-order valence-corrected chi connectivity index (χ1v) is 14.4. The highest BCUT2D eigenvalue weighted by atomic mass is 32.2. The van der Waals surface area contributed by atoms with E-state index < -0.39 is 32.5 Å². The number of anilines is 1. The van der Waals surface area contributed by atoms with Gasteiger partial charge in [0.15, 0.2) is 0 Å². The van der Waals surface area contributed by atoms with E-state index in [1.54, 1.807) is 24.1 Å². The number of aliphatic hydroxyl groups is 1. The molecule has 2 aliphatic heterocycles. The smallest absolute Gasteiger partial charge is 0.321 e. The summed E-state index contributed by atoms with van der Waals surface area (Å²) in [5.41, 5.74) is 2.10. The largest absolute Gasteiger partial charge is 0.497 e. The quantitative estimate of drug-likeness (QED) is 0.455. The molecule has 1 aliphatic carbocycles. The maximum absolute atomic E-state index is 14.1. The second kappa shape index (κ2) is 9.25. The number of likely N-dealkylation sites (tertiary alicyclic amines) is 1. The Morgan fingerprint density at radius 3 is 2.61 bits per heavy atom. The number of aliphatic hydroxyl groups excluding tert-OH is 1. The Morgan fingerprint density at radius 2 is 1.95 bits per heavy atom. The first-order chi connectivity index (χ1) is 18.3. The van der Waals surface area contributed by atoms with Crippen LogP contribution in [0.4, 0.5) is 14.9 Å². The number of sulfonamides is 1. The molecule has 1 atom stereocenters. The Balaban J connectivity index is 1.37. The van der Waals surface area contributed by atoms with Gasteiger partial charge in [-0.05, 0) is 55.5 Å². The molecule has 202 valence electrons. The van der Waals surface area contributed by atoms with Gasteiger partial charge in [0.2, 0.25) is 10.0 Å². The minimum atomic E-state index is -3.60. The molecule has 9 nitrogen and oxygen atoms in total. The number of nitrogens with zero attached hydrogens (tertiary/aromatic N) is 2. The number of carbonyl (C=O) groups excluding carboxylic acids is 1. The van der Waals surface area contributed by atoms with Crippen molar-refractivity contribution in [3.05, 3.63) is 59.5 Å². The van der Waals surface area contributed by atoms with Crippen LogP contribution in [0.25, 0.3) is 10.9 Å². The van der Waals surface area contributed by atoms with Crippen molar-refractivity contribution in [2.75, 3.05) is 38.7 Å². The zero-order chi connectivity index (χ0) is 26.7. The second-order valence-corrected chi connectivity index (χ2v) is 12.7. The lowest BCUT2D eigenvalue weighted by Crippen LogP contribution is -2.56. The number of hydrogen-bond acceptors (Lipinski definition) is 5. The summed E-state index contributed by atoms with van der Waals surface area (Å²) in [4.78, 5) is 18.0. The Bertz CT molecular complexity index is 1490. The molecule has 38 heavy (non-hydrogen) atoms. The number of H-pyrrole nitrogens is 1. The first kappa shape index (κ1) is 25.1. The highest BCUT2D eigenvalue weighted by Crippen LogP contribution is 2.51. The van der Waals surface area contributed by atoms with Crippen molar-refractivity contribution in [2.24, 2.45) is 0 Å². The van der Waals surface area contributed by atoms with E-state index in [2.05, 4.69) is 10.3 Å². The van der Waals surface area contributed by atoms with Crippen LogP contribution in [-0.2, 0) is 15.4 Å². The molecule has 1 aromatic heterocycles. The number of aromatic amines is 1. The molecule has 3 N–H and O–H groups in total. The molecule has 2 aromatic carbocycles. The molecule has 1 spiro atoms. The number of fused-ring (bicyclic) bond motifs is 4. The van der Waals surface area contributed by atoms with Gasteiger partial charge in [0.25, 0.3) is 0 Å². The highest BCUT2D eigenvalue weighted by molar-refractivity contribution is 7.90. The van der Waals surface area contributed by atoms with E-state index in [-0.39, 0.29) is 24.9 Å². The normalized spacial score (nSPS) is 21.4. The first-order valence-electron chi connectivity index (χ1n) is 12.9. The van der Waals surface area contributed by atoms with Gasteiger partial charge in [-0.2, -0.15) is 4.31 Å². The van der Waals surface area contributed by atoms with Crippen molar-refractivity contribution < 1.29 is 27.4 Å². The maximum Gasteiger partial charge on any atom is 0.321 e. The van der Waals surface area contributed by atoms with Gasteiger partial charge < -0.3 is 25.0 Å². The van der Waals surface area contributed by atoms with Crippen LogP contribution in [0.5, 0.6) is 5.75 Å². The number of amides is 2. The van der Waals surface area contributed by atoms with Crippen LogP contribution >= 0.6 is 0 Å². The van der Waals surface area contributed by atoms with Crippen LogP contribution < -0.4 is 10.1 Å². The van der Waals surface area contributed by atoms with E-state index in [0.717, 1.165) is 16.5 Å². The van der Waals surface area contributed by atoms with E-state index in [0.29, 0.717) is 50.2 Å². The summed E-state index contributed by atoms with van der Waals surface area (Å²) < 4.78 is 48.1. The van der Waals surface area contributed by atoms with Crippen LogP contribution in [0.3, 0.4) is 0 Å². The third kappa shape index (κ3) is 4.04. The molecule has 1 saturated heterocycles. The van der Waals surface area contributed by atoms with Crippen molar-refractivity contribution in [1.29, 1.82) is 0 Å². The van der Waals surface area contributed by atoms with Gasteiger partial charge in [-0.15, -0.1) is 0 Å². The van der Waals surface area contributed by atoms with Crippen LogP contribution in [0.2, 0.25) is 0 Å². The van der Waals surface area contributed by atoms with Gasteiger partial charge >= 0.3 is 6.03 Å². The molecular weight excluding hydrogens is 511 g/mol. The second-order valence-electron chi connectivity index (χ2n) is 10.5. The Kier molecular flexibility index (Phi) is 6.12. The monoisotopic (exact) mass is 542 g/mol. The van der Waals surface area contributed by atoms with Gasteiger partial charge in [0, 0.05) is 47.7 Å². The number of piperidine rings is 1. The number of rotatable bonds is 5. The fourth-order valence-electron chi connectivity index (χ4n) is 6.09. The van der Waals surface area contributed by atoms with Crippen LogP contribution in [-0.4, -0.2) is 72.3 Å². The molecular formula is C27H31FN4O5S. The van der Waals surface area contributed by atoms with Crippen LogP contribution in [0.1, 0.15) is 43.0 Å². The van der Waals surface area contributed by atoms with Crippen molar-refractivity contribution in [2.45, 2.75) is 42.4 Å². The fraction of sp³-hybridized carbons (Fsp3) is 0.444. The van der Waals surface area contributed by atoms with Crippen molar-refractivity contribution in [1.82, 2.24) is 14.2 Å². The molecule has 3 aromatic rings. The molecule has 2 fully saturated rings. The molecule has 11 heteroatoms. The number of aromatic nitrogens is 1. The fourth-order valence-corrected chi connectivity index (χ4v) is 8.16. The minimum Gasteiger partial charge on any atom is -0.497 e. The number of methoxy groups -OCH3 is 1. The van der Waals surface area contributed by atoms with E-state index in [9.17, 15) is 22.7 Å². The summed E-state index contributed by atoms with van der Waals surface area (Å²) in [6.45, 7) is 0.662. The number of benzene rings is 2. The molecule has 3 aliphatic rings. The third-order valence-electron chi connectivity index (χ3n) is 8.27. The predicted octanol–water partition coefficient (Wildman–Crippen LogP) is 3.72. The van der Waals surface area contributed by atoms with Gasteiger partial charge in [-0.3, -0.25) is 0 Å². The van der Waals surface area contributed by atoms with Crippen molar-refractivity contribution in [3.63, 3.8) is 0 Å². The summed E-state index contributed by atoms with van der Waals surface area (Å²) in [7, 11) is -2.01. The molecule has 0 unspecified atom stereocenters. The van der Waals surface area contributed by atoms with Crippen molar-refractivity contribution >= 4 is 32.6 Å². The number of hydrogen-bond donors (Lipinski definition) is 3. The van der Waals surface area contributed by atoms with Crippen LogP contribution in [0.15, 0.2) is 42.5 Å². The molecule has 6 rings (SSSR count). The molecule has 0 radical (unpaired) electrons. The van der Waals surface area contributed by atoms with Gasteiger partial charge in [0.05, 0.1) is 30.7 Å². The minimum absolute atomic E-state index is 0.121. The summed E-state index contributed by atoms with van der Waals surface area (Å²) >= 11 is 0. The van der Waals surface area contributed by atoms with E-state index >= 15 is 0 Å². The average Bonchev–Trinajstić information content (AvgIpc) is 3.71. The molecule has 0 bridgehead atoms. The highest BCUT2D eigenvalue weighted by Gasteiger charge is 2.53. The third-order valence-corrected chi connectivity index (χ3v) is 10.6. The Hall–Kier alpha value is -3.15. The number of carbonyl (C=O) groups is 1. The van der Waals surface area contributed by atoms with Crippen molar-refractivity contribution in [3.8, 4) is 5.75 Å². The van der Waals surface area contributed by atoms with Gasteiger partial charge in [-0.25, -0.2) is 17.6 Å². The Labute approximate surface area is 220 Å². The van der Waals surface area contributed by atoms with Gasteiger partial charge in [-0.1, -0.05) is 12.1 Å². The zero-order valence-electron chi connectivity index (χ0n) is 21.1. The standard InChI is InChI=1S/C27H31FN4O5S/c1-37-17-6-9-19-22(14-17)29-25-23(15-33)32(38(35,36)18-7-8-18)16-27(24(19)25)10-12-31(13-11-27)26(34)30-21-5-3-2-4-20(21)28/h2-6,9,14,18,23,29,33H,7-8,10-13,15-16H2,1H3,(H,30,34)/t23-/m0/s1. The number of para-hydroxylation sites is 1. The molecule has 2 amide bonds. The number of nitrogens with one attached hydrogen (secondary N) is 2. The molecule has 1 saturated carbocycles. The Morgan fingerprint density at radius 1 is 1.21 bits per heavy atom. The summed E-state index contributed by atoms with van der Waals surface area (Å²) in [6, 6.07) is 10.7. The number of halogens is 1. The lowest BCUT2D eigenvalue weighted by molar-refractivity contribution is 0.106. The van der Waals surface area contributed by atoms with Crippen LogP contribution in [0, 0.1) is 5.82 Å². The predicted molar refractivity (Wildman–Crippen MR) is 141 cm³/mol. The zero-order valence-corrected chi connectivity index (χ0v) is 21.9. The number of ether oxygens (including phenoxy) is 1. The topological polar surface area (TPSA) is 115 Å².